The lowest BCUT2D eigenvalue weighted by atomic mass is 10.1. The first-order chi connectivity index (χ1) is 13.6. The normalized spacial score (nSPS) is 10.8. The molecule has 0 fully saturated rings. The highest BCUT2D eigenvalue weighted by Crippen LogP contribution is 2.29. The van der Waals surface area contributed by atoms with Crippen LogP contribution in [0, 0.1) is 6.92 Å². The van der Waals surface area contributed by atoms with Gasteiger partial charge in [-0.3, -0.25) is 4.79 Å². The average molecular weight is 393 g/mol. The van der Waals surface area contributed by atoms with Crippen molar-refractivity contribution in [1.82, 2.24) is 15.0 Å². The number of hydrogen-bond donors (Lipinski definition) is 1. The van der Waals surface area contributed by atoms with E-state index in [-0.39, 0.29) is 5.91 Å². The fraction of sp³-hybridized carbons (Fsp3) is 0.0952. The number of nitrogens with one attached hydrogen (secondary N) is 1. The van der Waals surface area contributed by atoms with Crippen molar-refractivity contribution >= 4 is 34.2 Å². The van der Waals surface area contributed by atoms with Crippen LogP contribution in [0.2, 0.25) is 5.02 Å². The summed E-state index contributed by atoms with van der Waals surface area (Å²) in [6.07, 6.45) is 0. The molecule has 0 bridgehead atoms. The minimum Gasteiger partial charge on any atom is -0.496 e. The van der Waals surface area contributed by atoms with Crippen LogP contribution >= 0.6 is 11.6 Å². The van der Waals surface area contributed by atoms with Crippen LogP contribution in [0.1, 0.15) is 15.9 Å². The highest BCUT2D eigenvalue weighted by atomic mass is 35.5. The Morgan fingerprint density at radius 2 is 1.75 bits per heavy atom. The van der Waals surface area contributed by atoms with Crippen molar-refractivity contribution in [2.75, 3.05) is 12.4 Å². The smallest absolute Gasteiger partial charge is 0.259 e. The third-order valence-electron chi connectivity index (χ3n) is 4.37. The van der Waals surface area contributed by atoms with Crippen LogP contribution in [0.15, 0.2) is 60.7 Å². The summed E-state index contributed by atoms with van der Waals surface area (Å²) in [7, 11) is 1.54. The van der Waals surface area contributed by atoms with Crippen LogP contribution in [0.25, 0.3) is 16.7 Å². The number of carbonyl (C=O) groups excluding carboxylic acids is 1. The monoisotopic (exact) mass is 392 g/mol. The Bertz CT molecular complexity index is 1170. The summed E-state index contributed by atoms with van der Waals surface area (Å²) in [5.41, 5.74) is 3.88. The van der Waals surface area contributed by atoms with E-state index in [9.17, 15) is 4.79 Å². The summed E-state index contributed by atoms with van der Waals surface area (Å²) in [6, 6.07) is 18.4. The Balaban J connectivity index is 1.69. The van der Waals surface area contributed by atoms with Crippen LogP contribution in [-0.2, 0) is 0 Å². The van der Waals surface area contributed by atoms with Gasteiger partial charge in [-0.05, 0) is 42.8 Å². The van der Waals surface area contributed by atoms with Crippen LogP contribution in [-0.4, -0.2) is 28.0 Å². The molecule has 3 aromatic carbocycles. The number of methoxy groups -OCH3 is 1. The van der Waals surface area contributed by atoms with Crippen molar-refractivity contribution in [3.63, 3.8) is 0 Å². The van der Waals surface area contributed by atoms with E-state index < -0.39 is 0 Å². The summed E-state index contributed by atoms with van der Waals surface area (Å²) >= 11 is 6.37. The molecule has 1 amide bonds. The van der Waals surface area contributed by atoms with Crippen molar-refractivity contribution in [3.8, 4) is 11.4 Å². The zero-order chi connectivity index (χ0) is 19.7. The van der Waals surface area contributed by atoms with Gasteiger partial charge in [0.25, 0.3) is 5.91 Å². The van der Waals surface area contributed by atoms with E-state index in [0.717, 1.165) is 11.3 Å². The van der Waals surface area contributed by atoms with Crippen molar-refractivity contribution in [1.29, 1.82) is 0 Å². The number of aromatic nitrogens is 3. The number of benzene rings is 3. The second-order valence-electron chi connectivity index (χ2n) is 6.26. The highest BCUT2D eigenvalue weighted by molar-refractivity contribution is 6.34. The van der Waals surface area contributed by atoms with Gasteiger partial charge in [-0.1, -0.05) is 41.9 Å². The molecule has 0 saturated heterocycles. The average Bonchev–Trinajstić information content (AvgIpc) is 3.11. The van der Waals surface area contributed by atoms with Gasteiger partial charge in [-0.2, -0.15) is 4.80 Å². The van der Waals surface area contributed by atoms with Crippen LogP contribution in [0.5, 0.6) is 5.75 Å². The number of anilines is 1. The quantitative estimate of drug-likeness (QED) is 0.549. The minimum atomic E-state index is -0.308. The SMILES string of the molecule is COc1c(C)cccc1C(=O)Nc1cc2nn(-c3ccccc3)nc2cc1Cl. The number of rotatable bonds is 4. The number of ether oxygens (including phenoxy) is 1. The van der Waals surface area contributed by atoms with Crippen LogP contribution in [0.4, 0.5) is 5.69 Å². The molecule has 1 N–H and O–H groups in total. The molecule has 4 aromatic rings. The Kier molecular flexibility index (Phi) is 4.71. The number of halogens is 1. The summed E-state index contributed by atoms with van der Waals surface area (Å²) in [6.45, 7) is 1.89. The molecule has 6 nitrogen and oxygen atoms in total. The number of carbonyl (C=O) groups is 1. The van der Waals surface area contributed by atoms with Gasteiger partial charge in [-0.25, -0.2) is 0 Å². The third-order valence-corrected chi connectivity index (χ3v) is 4.68. The Morgan fingerprint density at radius 1 is 1.04 bits per heavy atom. The predicted octanol–water partition coefficient (Wildman–Crippen LogP) is 4.64. The number of fused-ring (bicyclic) bond motifs is 1. The molecule has 0 aliphatic carbocycles. The van der Waals surface area contributed by atoms with E-state index >= 15 is 0 Å². The van der Waals surface area contributed by atoms with Crippen LogP contribution in [0.3, 0.4) is 0 Å². The lowest BCUT2D eigenvalue weighted by Gasteiger charge is -2.12. The third kappa shape index (κ3) is 3.30. The fourth-order valence-corrected chi connectivity index (χ4v) is 3.21. The second kappa shape index (κ2) is 7.32. The summed E-state index contributed by atoms with van der Waals surface area (Å²) in [5.74, 6) is 0.226. The fourth-order valence-electron chi connectivity index (χ4n) is 3.00. The Hall–Kier alpha value is -3.38. The van der Waals surface area contributed by atoms with Crippen LogP contribution < -0.4 is 10.1 Å². The molecule has 28 heavy (non-hydrogen) atoms. The second-order valence-corrected chi connectivity index (χ2v) is 6.66. The van der Waals surface area contributed by atoms with Crippen molar-refractivity contribution in [3.05, 3.63) is 76.8 Å². The summed E-state index contributed by atoms with van der Waals surface area (Å²) in [4.78, 5) is 14.3. The van der Waals surface area contributed by atoms with E-state index in [1.54, 1.807) is 25.3 Å². The molecule has 0 aliphatic heterocycles. The number of amides is 1. The van der Waals surface area contributed by atoms with Gasteiger partial charge in [0.1, 0.15) is 16.8 Å². The van der Waals surface area contributed by atoms with Gasteiger partial charge >= 0.3 is 0 Å². The van der Waals surface area contributed by atoms with Gasteiger partial charge in [0, 0.05) is 0 Å². The lowest BCUT2D eigenvalue weighted by Crippen LogP contribution is -2.14. The molecule has 0 spiro atoms. The molecule has 7 heteroatoms. The molecule has 1 heterocycles. The Morgan fingerprint density at radius 3 is 2.46 bits per heavy atom. The first-order valence-electron chi connectivity index (χ1n) is 8.64. The highest BCUT2D eigenvalue weighted by Gasteiger charge is 2.16. The number of hydrogen-bond acceptors (Lipinski definition) is 4. The number of para-hydroxylation sites is 2. The first-order valence-corrected chi connectivity index (χ1v) is 9.01. The van der Waals surface area contributed by atoms with Crippen molar-refractivity contribution < 1.29 is 9.53 Å². The molecular formula is C21H17ClN4O2. The molecule has 0 unspecified atom stereocenters. The van der Waals surface area contributed by atoms with Crippen molar-refractivity contribution in [2.45, 2.75) is 6.92 Å². The maximum atomic E-state index is 12.8. The van der Waals surface area contributed by atoms with Gasteiger partial charge in [-0.15, -0.1) is 10.2 Å². The van der Waals surface area contributed by atoms with Crippen molar-refractivity contribution in [2.24, 2.45) is 0 Å². The summed E-state index contributed by atoms with van der Waals surface area (Å²) < 4.78 is 5.37. The van der Waals surface area contributed by atoms with E-state index in [1.165, 1.54) is 4.80 Å². The molecule has 0 saturated carbocycles. The largest absolute Gasteiger partial charge is 0.496 e. The first kappa shape index (κ1) is 18.0. The zero-order valence-corrected chi connectivity index (χ0v) is 16.1. The molecule has 140 valence electrons. The molecule has 4 rings (SSSR count). The van der Waals surface area contributed by atoms with E-state index in [2.05, 4.69) is 15.5 Å². The lowest BCUT2D eigenvalue weighted by molar-refractivity contribution is 0.102. The summed E-state index contributed by atoms with van der Waals surface area (Å²) in [5, 5.41) is 12.2. The molecule has 0 atom stereocenters. The van der Waals surface area contributed by atoms with E-state index in [0.29, 0.717) is 33.1 Å². The Labute approximate surface area is 166 Å². The maximum absolute atomic E-state index is 12.8. The van der Waals surface area contributed by atoms with E-state index in [4.69, 9.17) is 16.3 Å². The predicted molar refractivity (Wildman–Crippen MR) is 110 cm³/mol. The standard InChI is InChI=1S/C21H17ClN4O2/c1-13-7-6-10-15(20(13)28-2)21(27)23-17-12-19-18(11-16(17)22)24-26(25-19)14-8-4-3-5-9-14/h3-12H,1-2H3,(H,23,27). The van der Waals surface area contributed by atoms with Gasteiger partial charge < -0.3 is 10.1 Å². The van der Waals surface area contributed by atoms with Gasteiger partial charge in [0.05, 0.1) is 29.1 Å². The van der Waals surface area contributed by atoms with E-state index in [1.807, 2.05) is 49.4 Å². The molecule has 1 aromatic heterocycles. The number of aryl methyl sites for hydroxylation is 1. The maximum Gasteiger partial charge on any atom is 0.259 e. The zero-order valence-electron chi connectivity index (χ0n) is 15.3. The van der Waals surface area contributed by atoms with Gasteiger partial charge in [0.15, 0.2) is 0 Å². The minimum absolute atomic E-state index is 0.308. The molecular weight excluding hydrogens is 376 g/mol. The molecule has 0 aliphatic rings. The molecule has 0 radical (unpaired) electrons. The topological polar surface area (TPSA) is 69.0 Å². The number of nitrogens with zero attached hydrogens (tertiary/aromatic N) is 3. The van der Waals surface area contributed by atoms with Gasteiger partial charge in [0.2, 0.25) is 0 Å².